The molecule has 1 N–H and O–H groups in total. The number of piperidine rings is 1. The normalized spacial score (nSPS) is 21.6. The summed E-state index contributed by atoms with van der Waals surface area (Å²) in [5.41, 5.74) is 0.221. The maximum Gasteiger partial charge on any atom is 0.262 e. The summed E-state index contributed by atoms with van der Waals surface area (Å²) in [6, 6.07) is 1.63. The first-order valence-electron chi connectivity index (χ1n) is 6.11. The maximum absolute atomic E-state index is 12.3. The SMILES string of the molecule is O=C1CCC(N2C(=O)c3cc(Cl)c(Cl)cc3C2=O)C(=O)N1. The third-order valence-electron chi connectivity index (χ3n) is 3.48. The van der Waals surface area contributed by atoms with Gasteiger partial charge in [0, 0.05) is 6.42 Å². The van der Waals surface area contributed by atoms with Gasteiger partial charge in [-0.25, -0.2) is 0 Å². The molecule has 1 aromatic carbocycles. The van der Waals surface area contributed by atoms with Crippen molar-refractivity contribution in [1.82, 2.24) is 10.2 Å². The first kappa shape index (κ1) is 14.0. The highest BCUT2D eigenvalue weighted by molar-refractivity contribution is 6.43. The van der Waals surface area contributed by atoms with E-state index in [9.17, 15) is 19.2 Å². The second-order valence-corrected chi connectivity index (χ2v) is 5.57. The Morgan fingerprint density at radius 2 is 1.52 bits per heavy atom. The average molecular weight is 327 g/mol. The van der Waals surface area contributed by atoms with Crippen LogP contribution in [0.4, 0.5) is 0 Å². The lowest BCUT2D eigenvalue weighted by molar-refractivity contribution is -0.136. The van der Waals surface area contributed by atoms with Crippen molar-refractivity contribution in [3.63, 3.8) is 0 Å². The Bertz CT molecular complexity index is 675. The van der Waals surface area contributed by atoms with Crippen molar-refractivity contribution in [1.29, 1.82) is 0 Å². The Hall–Kier alpha value is -1.92. The molecule has 2 aliphatic heterocycles. The van der Waals surface area contributed by atoms with Crippen molar-refractivity contribution >= 4 is 46.8 Å². The molecule has 1 unspecified atom stereocenters. The third kappa shape index (κ3) is 2.11. The van der Waals surface area contributed by atoms with Crippen LogP contribution in [0, 0.1) is 0 Å². The number of imide groups is 2. The molecule has 21 heavy (non-hydrogen) atoms. The summed E-state index contributed by atoms with van der Waals surface area (Å²) in [7, 11) is 0. The molecule has 8 heteroatoms. The van der Waals surface area contributed by atoms with E-state index in [0.29, 0.717) is 0 Å². The van der Waals surface area contributed by atoms with Gasteiger partial charge in [0.05, 0.1) is 21.2 Å². The lowest BCUT2D eigenvalue weighted by Crippen LogP contribution is -2.54. The fourth-order valence-electron chi connectivity index (χ4n) is 2.46. The molecule has 1 atom stereocenters. The van der Waals surface area contributed by atoms with Gasteiger partial charge in [0.2, 0.25) is 11.8 Å². The summed E-state index contributed by atoms with van der Waals surface area (Å²) in [5, 5.41) is 2.43. The van der Waals surface area contributed by atoms with E-state index in [1.54, 1.807) is 0 Å². The number of amides is 4. The van der Waals surface area contributed by atoms with E-state index in [1.165, 1.54) is 12.1 Å². The molecule has 1 saturated heterocycles. The zero-order valence-corrected chi connectivity index (χ0v) is 12.0. The second kappa shape index (κ2) is 4.82. The van der Waals surface area contributed by atoms with E-state index in [4.69, 9.17) is 23.2 Å². The molecule has 0 aliphatic carbocycles. The van der Waals surface area contributed by atoms with Crippen molar-refractivity contribution in [2.75, 3.05) is 0 Å². The number of rotatable bonds is 1. The molecule has 0 radical (unpaired) electrons. The van der Waals surface area contributed by atoms with Gasteiger partial charge in [0.25, 0.3) is 11.8 Å². The third-order valence-corrected chi connectivity index (χ3v) is 4.20. The van der Waals surface area contributed by atoms with Crippen LogP contribution in [-0.2, 0) is 9.59 Å². The van der Waals surface area contributed by atoms with Gasteiger partial charge in [-0.1, -0.05) is 23.2 Å². The monoisotopic (exact) mass is 326 g/mol. The first-order valence-corrected chi connectivity index (χ1v) is 6.86. The van der Waals surface area contributed by atoms with Crippen molar-refractivity contribution < 1.29 is 19.2 Å². The van der Waals surface area contributed by atoms with Crippen LogP contribution in [0.3, 0.4) is 0 Å². The zero-order valence-electron chi connectivity index (χ0n) is 10.5. The van der Waals surface area contributed by atoms with Crippen LogP contribution < -0.4 is 5.32 Å². The van der Waals surface area contributed by atoms with E-state index in [0.717, 1.165) is 4.90 Å². The summed E-state index contributed by atoms with van der Waals surface area (Å²) < 4.78 is 0. The predicted molar refractivity (Wildman–Crippen MR) is 73.1 cm³/mol. The highest BCUT2D eigenvalue weighted by Gasteiger charge is 2.44. The van der Waals surface area contributed by atoms with Crippen LogP contribution in [0.25, 0.3) is 0 Å². The number of nitrogens with zero attached hydrogens (tertiary/aromatic N) is 1. The standard InChI is InChI=1S/C13H8Cl2N2O4/c14-7-3-5-6(4-8(7)15)13(21)17(12(5)20)9-1-2-10(18)16-11(9)19/h3-4,9H,1-2H2,(H,16,18,19). The van der Waals surface area contributed by atoms with Crippen LogP contribution in [0.2, 0.25) is 10.0 Å². The van der Waals surface area contributed by atoms with Gasteiger partial charge in [-0.15, -0.1) is 0 Å². The highest BCUT2D eigenvalue weighted by atomic mass is 35.5. The minimum atomic E-state index is -0.993. The largest absolute Gasteiger partial charge is 0.295 e. The average Bonchev–Trinajstić information content (AvgIpc) is 2.64. The van der Waals surface area contributed by atoms with E-state index >= 15 is 0 Å². The smallest absolute Gasteiger partial charge is 0.262 e. The fraction of sp³-hybridized carbons (Fsp3) is 0.231. The maximum atomic E-state index is 12.3. The number of hydrogen-bond acceptors (Lipinski definition) is 4. The Morgan fingerprint density at radius 3 is 2.00 bits per heavy atom. The van der Waals surface area contributed by atoms with Gasteiger partial charge in [-0.3, -0.25) is 29.4 Å². The van der Waals surface area contributed by atoms with Gasteiger partial charge in [-0.05, 0) is 18.6 Å². The molecule has 3 rings (SSSR count). The Kier molecular flexibility index (Phi) is 3.22. The van der Waals surface area contributed by atoms with Crippen LogP contribution in [-0.4, -0.2) is 34.6 Å². The molecule has 1 fully saturated rings. The number of benzene rings is 1. The summed E-state index contributed by atoms with van der Waals surface area (Å²) >= 11 is 11.7. The molecule has 0 saturated carbocycles. The van der Waals surface area contributed by atoms with Gasteiger partial charge in [0.15, 0.2) is 0 Å². The summed E-state index contributed by atoms with van der Waals surface area (Å²) in [5.74, 6) is -2.29. The number of hydrogen-bond donors (Lipinski definition) is 1. The van der Waals surface area contributed by atoms with E-state index in [2.05, 4.69) is 5.32 Å². The molecule has 0 spiro atoms. The zero-order chi connectivity index (χ0) is 15.3. The fourth-order valence-corrected chi connectivity index (χ4v) is 2.79. The summed E-state index contributed by atoms with van der Waals surface area (Å²) in [4.78, 5) is 48.5. The lowest BCUT2D eigenvalue weighted by atomic mass is 10.0. The van der Waals surface area contributed by atoms with Crippen molar-refractivity contribution in [2.24, 2.45) is 0 Å². The van der Waals surface area contributed by atoms with Gasteiger partial charge in [0.1, 0.15) is 6.04 Å². The molecule has 6 nitrogen and oxygen atoms in total. The van der Waals surface area contributed by atoms with E-state index < -0.39 is 29.7 Å². The molecule has 108 valence electrons. The van der Waals surface area contributed by atoms with E-state index in [1.807, 2.05) is 0 Å². The molecular formula is C13H8Cl2N2O4. The lowest BCUT2D eigenvalue weighted by Gasteiger charge is -2.27. The van der Waals surface area contributed by atoms with Crippen molar-refractivity contribution in [3.05, 3.63) is 33.3 Å². The van der Waals surface area contributed by atoms with Gasteiger partial charge in [-0.2, -0.15) is 0 Å². The Morgan fingerprint density at radius 1 is 1.00 bits per heavy atom. The molecule has 2 aliphatic rings. The number of nitrogens with one attached hydrogen (secondary N) is 1. The molecule has 0 bridgehead atoms. The second-order valence-electron chi connectivity index (χ2n) is 4.76. The molecule has 4 amide bonds. The van der Waals surface area contributed by atoms with Gasteiger partial charge < -0.3 is 0 Å². The number of carbonyl (C=O) groups is 4. The number of carbonyl (C=O) groups excluding carboxylic acids is 4. The van der Waals surface area contributed by atoms with Crippen LogP contribution in [0.1, 0.15) is 33.6 Å². The minimum Gasteiger partial charge on any atom is -0.295 e. The number of fused-ring (bicyclic) bond motifs is 1. The molecule has 1 aromatic rings. The van der Waals surface area contributed by atoms with Crippen molar-refractivity contribution in [3.8, 4) is 0 Å². The Balaban J connectivity index is 2.00. The first-order chi connectivity index (χ1) is 9.90. The summed E-state index contributed by atoms with van der Waals surface area (Å²) in [6.07, 6.45) is 0.183. The molecule has 0 aromatic heterocycles. The molecule has 2 heterocycles. The van der Waals surface area contributed by atoms with Crippen LogP contribution in [0.15, 0.2) is 12.1 Å². The van der Waals surface area contributed by atoms with Crippen LogP contribution in [0.5, 0.6) is 0 Å². The van der Waals surface area contributed by atoms with Gasteiger partial charge >= 0.3 is 0 Å². The van der Waals surface area contributed by atoms with E-state index in [-0.39, 0.29) is 34.0 Å². The Labute approximate surface area is 129 Å². The predicted octanol–water partition coefficient (Wildman–Crippen LogP) is 1.39. The van der Waals surface area contributed by atoms with Crippen molar-refractivity contribution in [2.45, 2.75) is 18.9 Å². The van der Waals surface area contributed by atoms with Crippen LogP contribution >= 0.6 is 23.2 Å². The molecular weight excluding hydrogens is 319 g/mol. The topological polar surface area (TPSA) is 83.6 Å². The number of halogens is 2. The minimum absolute atomic E-state index is 0.0747. The quantitative estimate of drug-likeness (QED) is 0.790. The summed E-state index contributed by atoms with van der Waals surface area (Å²) in [6.45, 7) is 0. The highest BCUT2D eigenvalue weighted by Crippen LogP contribution is 2.33.